The van der Waals surface area contributed by atoms with Crippen molar-refractivity contribution in [1.29, 1.82) is 0 Å². The first-order valence-corrected chi connectivity index (χ1v) is 11.1. The van der Waals surface area contributed by atoms with Gasteiger partial charge in [-0.25, -0.2) is 4.79 Å². The third-order valence-corrected chi connectivity index (χ3v) is 5.60. The Morgan fingerprint density at radius 1 is 1.00 bits per heavy atom. The summed E-state index contributed by atoms with van der Waals surface area (Å²) in [5.74, 6) is -2.88. The normalized spacial score (nSPS) is 20.5. The van der Waals surface area contributed by atoms with Gasteiger partial charge in [-0.05, 0) is 31.6 Å². The van der Waals surface area contributed by atoms with E-state index < -0.39 is 23.8 Å². The molecule has 1 saturated carbocycles. The first-order valence-electron chi connectivity index (χ1n) is 11.1. The van der Waals surface area contributed by atoms with Crippen LogP contribution in [0.2, 0.25) is 0 Å². The van der Waals surface area contributed by atoms with Crippen LogP contribution in [0.25, 0.3) is 0 Å². The molecule has 6 nitrogen and oxygen atoms in total. The summed E-state index contributed by atoms with van der Waals surface area (Å²) in [5, 5.41) is 17.4. The number of unbranched alkanes of at least 4 members (excludes halogenated alkanes) is 1. The van der Waals surface area contributed by atoms with Gasteiger partial charge in [0.2, 0.25) is 0 Å². The zero-order chi connectivity index (χ0) is 22.2. The molecule has 0 heterocycles. The number of esters is 1. The number of carbonyl (C=O) groups is 3. The van der Waals surface area contributed by atoms with E-state index in [9.17, 15) is 14.4 Å². The molecule has 0 spiro atoms. The van der Waals surface area contributed by atoms with E-state index in [0.29, 0.717) is 18.8 Å². The van der Waals surface area contributed by atoms with Gasteiger partial charge in [-0.15, -0.1) is 0 Å². The highest BCUT2D eigenvalue weighted by Gasteiger charge is 2.35. The summed E-state index contributed by atoms with van der Waals surface area (Å²) in [5.41, 5.74) is 0. The van der Waals surface area contributed by atoms with Crippen LogP contribution < -0.4 is 0 Å². The van der Waals surface area contributed by atoms with E-state index in [-0.39, 0.29) is 12.1 Å². The van der Waals surface area contributed by atoms with Crippen molar-refractivity contribution in [2.24, 2.45) is 17.8 Å². The van der Waals surface area contributed by atoms with Crippen molar-refractivity contribution < 1.29 is 29.3 Å². The Balaban J connectivity index is 0.000000571. The molecule has 29 heavy (non-hydrogen) atoms. The van der Waals surface area contributed by atoms with Crippen molar-refractivity contribution in [3.63, 3.8) is 0 Å². The molecule has 0 radical (unpaired) electrons. The van der Waals surface area contributed by atoms with Crippen molar-refractivity contribution >= 4 is 17.9 Å². The predicted octanol–water partition coefficient (Wildman–Crippen LogP) is 5.45. The van der Waals surface area contributed by atoms with Crippen molar-refractivity contribution in [2.75, 3.05) is 0 Å². The van der Waals surface area contributed by atoms with Gasteiger partial charge >= 0.3 is 17.9 Å². The molecular formula is C23H40O6. The Kier molecular flexibility index (Phi) is 15.0. The lowest BCUT2D eigenvalue weighted by molar-refractivity contribution is -0.155. The summed E-state index contributed by atoms with van der Waals surface area (Å²) in [6.45, 7) is 10.0. The maximum atomic E-state index is 11.2. The van der Waals surface area contributed by atoms with E-state index in [1.807, 2.05) is 0 Å². The van der Waals surface area contributed by atoms with Crippen LogP contribution in [-0.4, -0.2) is 34.2 Å². The van der Waals surface area contributed by atoms with Gasteiger partial charge in [-0.2, -0.15) is 0 Å². The van der Waals surface area contributed by atoms with Crippen LogP contribution in [0.5, 0.6) is 0 Å². The molecule has 0 aromatic heterocycles. The van der Waals surface area contributed by atoms with Crippen molar-refractivity contribution in [2.45, 2.75) is 97.5 Å². The van der Waals surface area contributed by atoms with Crippen LogP contribution in [0, 0.1) is 17.8 Å². The Bertz CT molecular complexity index is 480. The first kappa shape index (κ1) is 27.1. The van der Waals surface area contributed by atoms with E-state index in [1.165, 1.54) is 31.8 Å². The molecule has 2 N–H and O–H groups in total. The number of aliphatic carboxylic acids is 2. The summed E-state index contributed by atoms with van der Waals surface area (Å²) < 4.78 is 5.40. The third kappa shape index (κ3) is 11.7. The first-order chi connectivity index (χ1) is 13.8. The maximum Gasteiger partial charge on any atom is 0.330 e. The zero-order valence-corrected chi connectivity index (χ0v) is 18.4. The largest absolute Gasteiger partial charge is 0.481 e. The third-order valence-electron chi connectivity index (χ3n) is 5.60. The second kappa shape index (κ2) is 16.0. The Morgan fingerprint density at radius 2 is 1.55 bits per heavy atom. The molecular weight excluding hydrogens is 372 g/mol. The monoisotopic (exact) mass is 412 g/mol. The minimum absolute atomic E-state index is 0.0762. The van der Waals surface area contributed by atoms with E-state index in [0.717, 1.165) is 32.1 Å². The standard InChI is InChI=1S/C15H28O2.C8H12O4/c1-5-9-11-13(7-3)12-14(10-6-2)17-15(16)8-4;9-7(10)5-3-1-2-4-6(5)8(11)12/h8,13-14H,4-7,9-12H2,1-3H3;5-6H,1-4H2,(H,9,10)(H,11,12). The fourth-order valence-corrected chi connectivity index (χ4v) is 3.83. The van der Waals surface area contributed by atoms with Crippen molar-refractivity contribution in [1.82, 2.24) is 0 Å². The quantitative estimate of drug-likeness (QED) is 0.326. The van der Waals surface area contributed by atoms with Crippen LogP contribution in [-0.2, 0) is 19.1 Å². The SMILES string of the molecule is C=CC(=O)OC(CCC)CC(CC)CCCC.O=C(O)C1CCCCC1C(=O)O. The zero-order valence-electron chi connectivity index (χ0n) is 18.4. The smallest absolute Gasteiger partial charge is 0.330 e. The molecule has 0 aromatic rings. The molecule has 4 atom stereocenters. The second-order valence-electron chi connectivity index (χ2n) is 7.88. The van der Waals surface area contributed by atoms with Gasteiger partial charge in [0.1, 0.15) is 6.10 Å². The van der Waals surface area contributed by atoms with Crippen LogP contribution in [0.1, 0.15) is 91.4 Å². The molecule has 4 unspecified atom stereocenters. The predicted molar refractivity (Wildman–Crippen MR) is 114 cm³/mol. The Hall–Kier alpha value is -1.85. The van der Waals surface area contributed by atoms with Crippen LogP contribution in [0.3, 0.4) is 0 Å². The number of carboxylic acids is 2. The highest BCUT2D eigenvalue weighted by atomic mass is 16.5. The summed E-state index contributed by atoms with van der Waals surface area (Å²) in [6.07, 6.45) is 12.0. The number of hydrogen-bond acceptors (Lipinski definition) is 4. The van der Waals surface area contributed by atoms with Crippen LogP contribution in [0.4, 0.5) is 0 Å². The fraction of sp³-hybridized carbons (Fsp3) is 0.783. The summed E-state index contributed by atoms with van der Waals surface area (Å²) in [4.78, 5) is 32.5. The number of ether oxygens (including phenoxy) is 1. The summed E-state index contributed by atoms with van der Waals surface area (Å²) in [6, 6.07) is 0. The molecule has 0 aliphatic heterocycles. The Morgan fingerprint density at radius 3 is 1.93 bits per heavy atom. The molecule has 1 aliphatic rings. The van der Waals surface area contributed by atoms with Gasteiger partial charge in [0, 0.05) is 6.08 Å². The highest BCUT2D eigenvalue weighted by Crippen LogP contribution is 2.30. The molecule has 1 aliphatic carbocycles. The van der Waals surface area contributed by atoms with Crippen molar-refractivity contribution in [3.05, 3.63) is 12.7 Å². The van der Waals surface area contributed by atoms with Gasteiger partial charge in [-0.3, -0.25) is 9.59 Å². The minimum Gasteiger partial charge on any atom is -0.481 e. The number of carbonyl (C=O) groups excluding carboxylic acids is 1. The number of hydrogen-bond donors (Lipinski definition) is 2. The average Bonchev–Trinajstić information content (AvgIpc) is 2.71. The van der Waals surface area contributed by atoms with Crippen LogP contribution in [0.15, 0.2) is 12.7 Å². The molecule has 0 aromatic carbocycles. The molecule has 0 saturated heterocycles. The lowest BCUT2D eigenvalue weighted by Gasteiger charge is -2.24. The van der Waals surface area contributed by atoms with Gasteiger partial charge in [0.15, 0.2) is 0 Å². The average molecular weight is 413 g/mol. The van der Waals surface area contributed by atoms with Gasteiger partial charge < -0.3 is 14.9 Å². The summed E-state index contributed by atoms with van der Waals surface area (Å²) >= 11 is 0. The van der Waals surface area contributed by atoms with Gasteiger partial charge in [-0.1, -0.05) is 72.3 Å². The highest BCUT2D eigenvalue weighted by molar-refractivity contribution is 5.81. The van der Waals surface area contributed by atoms with Gasteiger partial charge in [0.05, 0.1) is 11.8 Å². The van der Waals surface area contributed by atoms with Crippen molar-refractivity contribution in [3.8, 4) is 0 Å². The van der Waals surface area contributed by atoms with Gasteiger partial charge in [0.25, 0.3) is 0 Å². The maximum absolute atomic E-state index is 11.2. The molecule has 168 valence electrons. The van der Waals surface area contributed by atoms with E-state index in [2.05, 4.69) is 27.4 Å². The fourth-order valence-electron chi connectivity index (χ4n) is 3.83. The van der Waals surface area contributed by atoms with E-state index in [4.69, 9.17) is 14.9 Å². The Labute approximate surface area is 175 Å². The van der Waals surface area contributed by atoms with E-state index in [1.54, 1.807) is 0 Å². The molecule has 1 rings (SSSR count). The number of carboxylic acid groups (broad SMARTS) is 2. The number of rotatable bonds is 12. The summed E-state index contributed by atoms with van der Waals surface area (Å²) in [7, 11) is 0. The minimum atomic E-state index is -0.970. The molecule has 0 bridgehead atoms. The lowest BCUT2D eigenvalue weighted by Crippen LogP contribution is -2.32. The second-order valence-corrected chi connectivity index (χ2v) is 7.88. The topological polar surface area (TPSA) is 101 Å². The molecule has 1 fully saturated rings. The molecule has 6 heteroatoms. The van der Waals surface area contributed by atoms with E-state index >= 15 is 0 Å². The van der Waals surface area contributed by atoms with Crippen LogP contribution >= 0.6 is 0 Å². The molecule has 0 amide bonds. The lowest BCUT2D eigenvalue weighted by atomic mass is 9.79.